The van der Waals surface area contributed by atoms with Crippen molar-refractivity contribution in [1.82, 2.24) is 10.2 Å². The zero-order chi connectivity index (χ0) is 10.3. The van der Waals surface area contributed by atoms with Crippen LogP contribution in [0, 0.1) is 5.41 Å². The first-order valence-corrected chi connectivity index (χ1v) is 5.19. The Morgan fingerprint density at radius 1 is 1.57 bits per heavy atom. The predicted molar refractivity (Wildman–Crippen MR) is 55.9 cm³/mol. The van der Waals surface area contributed by atoms with Crippen molar-refractivity contribution in [3.05, 3.63) is 12.3 Å². The zero-order valence-corrected chi connectivity index (χ0v) is 9.08. The van der Waals surface area contributed by atoms with Crippen LogP contribution < -0.4 is 5.32 Å². The van der Waals surface area contributed by atoms with Gasteiger partial charge in [0.2, 0.25) is 0 Å². The number of nitrogens with one attached hydrogen (secondary N) is 1. The van der Waals surface area contributed by atoms with Crippen molar-refractivity contribution in [2.45, 2.75) is 32.4 Å². The quantitative estimate of drug-likeness (QED) is 0.669. The molecule has 3 nitrogen and oxygen atoms in total. The molecule has 1 fully saturated rings. The molecule has 3 heteroatoms. The van der Waals surface area contributed by atoms with E-state index in [0.29, 0.717) is 6.04 Å². The predicted octanol–water partition coefficient (Wildman–Crippen LogP) is 0.771. The number of rotatable bonds is 1. The Morgan fingerprint density at radius 2 is 2.29 bits per heavy atom. The molecule has 0 amide bonds. The van der Waals surface area contributed by atoms with Gasteiger partial charge < -0.3 is 10.2 Å². The van der Waals surface area contributed by atoms with Crippen molar-refractivity contribution < 1.29 is 4.79 Å². The number of nitrogens with zero attached hydrogens (tertiary/aromatic N) is 1. The summed E-state index contributed by atoms with van der Waals surface area (Å²) in [6, 6.07) is 0.573. The second-order valence-electron chi connectivity index (χ2n) is 4.96. The lowest BCUT2D eigenvalue weighted by Gasteiger charge is -2.45. The molecule has 0 aromatic heterocycles. The Balaban J connectivity index is 2.18. The van der Waals surface area contributed by atoms with Crippen LogP contribution in [0.2, 0.25) is 0 Å². The summed E-state index contributed by atoms with van der Waals surface area (Å²) in [5, 5.41) is 3.33. The molecule has 1 N–H and O–H groups in total. The van der Waals surface area contributed by atoms with Crippen LogP contribution in [0.15, 0.2) is 12.3 Å². The molecule has 0 aliphatic carbocycles. The third-order valence-corrected chi connectivity index (χ3v) is 3.56. The molecule has 2 unspecified atom stereocenters. The molecule has 2 aliphatic rings. The highest BCUT2D eigenvalue weighted by Gasteiger charge is 2.43. The number of hydrogen-bond acceptors (Lipinski definition) is 3. The minimum atomic E-state index is 0.106. The molecule has 2 rings (SSSR count). The second kappa shape index (κ2) is 3.09. The Bertz CT molecular complexity index is 283. The second-order valence-corrected chi connectivity index (χ2v) is 4.96. The summed E-state index contributed by atoms with van der Waals surface area (Å²) in [6.45, 7) is 5.41. The molecule has 0 spiro atoms. The van der Waals surface area contributed by atoms with Gasteiger partial charge >= 0.3 is 0 Å². The standard InChI is InChI=1S/C11H18N2O/c1-11(2)6-8-9(14)4-5-13(8)7-10(11)12-3/h4-5,8,10,12H,6-7H2,1-3H3. The molecule has 0 aromatic rings. The fraction of sp³-hybridized carbons (Fsp3) is 0.727. The van der Waals surface area contributed by atoms with Crippen LogP contribution in [-0.4, -0.2) is 36.4 Å². The topological polar surface area (TPSA) is 32.3 Å². The van der Waals surface area contributed by atoms with Gasteiger partial charge in [-0.2, -0.15) is 0 Å². The molecule has 1 saturated heterocycles. The number of fused-ring (bicyclic) bond motifs is 1. The monoisotopic (exact) mass is 194 g/mol. The molecule has 0 aromatic carbocycles. The summed E-state index contributed by atoms with van der Waals surface area (Å²) < 4.78 is 0. The molecule has 14 heavy (non-hydrogen) atoms. The van der Waals surface area contributed by atoms with Gasteiger partial charge in [0.1, 0.15) is 0 Å². The lowest BCUT2D eigenvalue weighted by molar-refractivity contribution is -0.120. The summed E-state index contributed by atoms with van der Waals surface area (Å²) in [6.07, 6.45) is 4.59. The molecule has 2 heterocycles. The van der Waals surface area contributed by atoms with Crippen molar-refractivity contribution >= 4 is 5.78 Å². The van der Waals surface area contributed by atoms with E-state index in [1.165, 1.54) is 0 Å². The molecular formula is C11H18N2O. The Kier molecular flexibility index (Phi) is 2.14. The van der Waals surface area contributed by atoms with Crippen LogP contribution in [0.4, 0.5) is 0 Å². The summed E-state index contributed by atoms with van der Waals surface area (Å²) >= 11 is 0. The highest BCUT2D eigenvalue weighted by atomic mass is 16.1. The maximum absolute atomic E-state index is 11.5. The third kappa shape index (κ3) is 1.36. The molecule has 2 atom stereocenters. The number of likely N-dealkylation sites (N-methyl/N-ethyl adjacent to an activating group) is 1. The first-order chi connectivity index (χ1) is 6.54. The van der Waals surface area contributed by atoms with Crippen LogP contribution in [0.1, 0.15) is 20.3 Å². The number of hydrogen-bond donors (Lipinski definition) is 1. The molecular weight excluding hydrogens is 176 g/mol. The largest absolute Gasteiger partial charge is 0.365 e. The van der Waals surface area contributed by atoms with Gasteiger partial charge in [-0.05, 0) is 25.0 Å². The lowest BCUT2D eigenvalue weighted by Crippen LogP contribution is -2.56. The van der Waals surface area contributed by atoms with Crippen molar-refractivity contribution in [2.24, 2.45) is 5.41 Å². The van der Waals surface area contributed by atoms with Gasteiger partial charge in [0.25, 0.3) is 0 Å². The Labute approximate surface area is 85.2 Å². The Morgan fingerprint density at radius 3 is 2.93 bits per heavy atom. The highest BCUT2D eigenvalue weighted by Crippen LogP contribution is 2.36. The highest BCUT2D eigenvalue weighted by molar-refractivity contribution is 5.96. The smallest absolute Gasteiger partial charge is 0.179 e. The van der Waals surface area contributed by atoms with E-state index < -0.39 is 0 Å². The van der Waals surface area contributed by atoms with Crippen molar-refractivity contribution in [2.75, 3.05) is 13.6 Å². The van der Waals surface area contributed by atoms with Crippen LogP contribution in [-0.2, 0) is 4.79 Å². The fourth-order valence-corrected chi connectivity index (χ4v) is 2.53. The van der Waals surface area contributed by atoms with Crippen LogP contribution in [0.3, 0.4) is 0 Å². The van der Waals surface area contributed by atoms with E-state index in [0.717, 1.165) is 13.0 Å². The zero-order valence-electron chi connectivity index (χ0n) is 9.08. The number of carbonyl (C=O) groups excluding carboxylic acids is 1. The molecule has 0 saturated carbocycles. The maximum atomic E-state index is 11.5. The molecule has 2 aliphatic heterocycles. The minimum absolute atomic E-state index is 0.106. The van der Waals surface area contributed by atoms with Gasteiger partial charge in [0, 0.05) is 18.8 Å². The van der Waals surface area contributed by atoms with E-state index in [4.69, 9.17) is 0 Å². The van der Waals surface area contributed by atoms with E-state index >= 15 is 0 Å². The van der Waals surface area contributed by atoms with E-state index in [1.807, 2.05) is 13.2 Å². The van der Waals surface area contributed by atoms with Gasteiger partial charge in [-0.15, -0.1) is 0 Å². The van der Waals surface area contributed by atoms with Gasteiger partial charge in [0.05, 0.1) is 6.04 Å². The molecule has 0 bridgehead atoms. The average molecular weight is 194 g/mol. The van der Waals surface area contributed by atoms with Crippen molar-refractivity contribution in [3.63, 3.8) is 0 Å². The SMILES string of the molecule is CNC1CN2C=CC(=O)C2CC1(C)C. The fourth-order valence-electron chi connectivity index (χ4n) is 2.53. The number of piperidine rings is 1. The van der Waals surface area contributed by atoms with Gasteiger partial charge in [-0.1, -0.05) is 13.8 Å². The van der Waals surface area contributed by atoms with Crippen molar-refractivity contribution in [3.8, 4) is 0 Å². The van der Waals surface area contributed by atoms with Gasteiger partial charge in [-0.3, -0.25) is 4.79 Å². The minimum Gasteiger partial charge on any atom is -0.365 e. The molecule has 78 valence electrons. The molecule has 0 radical (unpaired) electrons. The Hall–Kier alpha value is -0.830. The van der Waals surface area contributed by atoms with Crippen LogP contribution >= 0.6 is 0 Å². The van der Waals surface area contributed by atoms with E-state index in [2.05, 4.69) is 24.1 Å². The number of ketones is 1. The first kappa shape index (κ1) is 9.71. The maximum Gasteiger partial charge on any atom is 0.179 e. The normalized spacial score (nSPS) is 34.8. The number of carbonyl (C=O) groups is 1. The van der Waals surface area contributed by atoms with E-state index in [9.17, 15) is 4.79 Å². The summed E-state index contributed by atoms with van der Waals surface area (Å²) in [4.78, 5) is 13.7. The average Bonchev–Trinajstić information content (AvgIpc) is 2.45. The van der Waals surface area contributed by atoms with E-state index in [1.54, 1.807) is 6.08 Å². The van der Waals surface area contributed by atoms with Gasteiger partial charge in [-0.25, -0.2) is 0 Å². The van der Waals surface area contributed by atoms with Crippen LogP contribution in [0.5, 0.6) is 0 Å². The first-order valence-electron chi connectivity index (χ1n) is 5.19. The summed E-state index contributed by atoms with van der Waals surface area (Å²) in [7, 11) is 1.99. The van der Waals surface area contributed by atoms with Crippen molar-refractivity contribution in [1.29, 1.82) is 0 Å². The summed E-state index contributed by atoms with van der Waals surface area (Å²) in [5.41, 5.74) is 0.206. The van der Waals surface area contributed by atoms with Crippen LogP contribution in [0.25, 0.3) is 0 Å². The summed E-state index contributed by atoms with van der Waals surface area (Å²) in [5.74, 6) is 0.271. The third-order valence-electron chi connectivity index (χ3n) is 3.56. The van der Waals surface area contributed by atoms with Gasteiger partial charge in [0.15, 0.2) is 5.78 Å². The lowest BCUT2D eigenvalue weighted by atomic mass is 9.75. The van der Waals surface area contributed by atoms with E-state index in [-0.39, 0.29) is 17.2 Å².